The van der Waals surface area contributed by atoms with Gasteiger partial charge in [-0.25, -0.2) is 0 Å². The molecular weight excluding hydrogens is 321 g/mol. The highest BCUT2D eigenvalue weighted by Crippen LogP contribution is 2.27. The number of nitrogens with zero attached hydrogens (tertiary/aromatic N) is 1. The number of hydrogen-bond acceptors (Lipinski definition) is 3. The van der Waals surface area contributed by atoms with Crippen LogP contribution in [0.4, 0.5) is 0 Å². The van der Waals surface area contributed by atoms with Gasteiger partial charge in [0, 0.05) is 0 Å². The minimum Gasteiger partial charge on any atom is -0.497 e. The first-order valence-corrected chi connectivity index (χ1v) is 7.07. The average molecular weight is 332 g/mol. The molecule has 0 aliphatic heterocycles. The molecule has 0 radical (unpaired) electrons. The molecule has 0 fully saturated rings. The number of carbonyl (C=O) groups is 1. The number of rotatable bonds is 4. The lowest BCUT2D eigenvalue weighted by molar-refractivity contribution is 0.104. The number of hydrogen-bond donors (Lipinski definition) is 0. The molecule has 0 bridgehead atoms. The van der Waals surface area contributed by atoms with E-state index in [1.54, 1.807) is 49.6 Å². The van der Waals surface area contributed by atoms with Gasteiger partial charge in [-0.1, -0.05) is 41.4 Å². The van der Waals surface area contributed by atoms with Crippen molar-refractivity contribution < 1.29 is 9.53 Å². The highest BCUT2D eigenvalue weighted by atomic mass is 35.5. The van der Waals surface area contributed by atoms with Crippen LogP contribution >= 0.6 is 23.2 Å². The predicted molar refractivity (Wildman–Crippen MR) is 87.4 cm³/mol. The summed E-state index contributed by atoms with van der Waals surface area (Å²) in [5.41, 5.74) is 0.747. The van der Waals surface area contributed by atoms with Gasteiger partial charge in [-0.15, -0.1) is 0 Å². The molecule has 0 heterocycles. The van der Waals surface area contributed by atoms with Crippen molar-refractivity contribution in [2.75, 3.05) is 7.11 Å². The van der Waals surface area contributed by atoms with Gasteiger partial charge in [-0.2, -0.15) is 5.26 Å². The number of halogens is 2. The number of Topliss-reactive ketones (excluding diaryl/α,β-unsaturated/α-hetero) is 1. The van der Waals surface area contributed by atoms with Crippen LogP contribution in [0.3, 0.4) is 0 Å². The molecule has 0 saturated heterocycles. The quantitative estimate of drug-likeness (QED) is 0.459. The van der Waals surface area contributed by atoms with E-state index in [-0.39, 0.29) is 21.2 Å². The number of methoxy groups -OCH3 is 1. The molecule has 2 rings (SSSR count). The van der Waals surface area contributed by atoms with Crippen LogP contribution in [0.1, 0.15) is 15.9 Å². The molecule has 0 amide bonds. The van der Waals surface area contributed by atoms with E-state index in [9.17, 15) is 10.1 Å². The number of ketones is 1. The summed E-state index contributed by atoms with van der Waals surface area (Å²) in [6, 6.07) is 13.7. The van der Waals surface area contributed by atoms with E-state index in [1.807, 2.05) is 6.07 Å². The maximum Gasteiger partial charge on any atom is 0.206 e. The van der Waals surface area contributed by atoms with Gasteiger partial charge in [0.2, 0.25) is 5.78 Å². The maximum absolute atomic E-state index is 12.5. The van der Waals surface area contributed by atoms with E-state index in [0.717, 1.165) is 0 Å². The SMILES string of the molecule is COc1cccc(C=C(C#N)C(=O)c2c(Cl)cccc2Cl)c1. The second kappa shape index (κ2) is 7.13. The minimum absolute atomic E-state index is 0.0525. The normalized spacial score (nSPS) is 10.9. The highest BCUT2D eigenvalue weighted by Gasteiger charge is 2.18. The predicted octanol–water partition coefficient (Wildman–Crippen LogP) is 4.79. The molecule has 0 saturated carbocycles. The van der Waals surface area contributed by atoms with Gasteiger partial charge in [0.05, 0.1) is 22.7 Å². The average Bonchev–Trinajstić information content (AvgIpc) is 2.52. The Morgan fingerprint density at radius 1 is 1.18 bits per heavy atom. The zero-order valence-corrected chi connectivity index (χ0v) is 13.2. The Bertz CT molecular complexity index is 771. The molecule has 0 atom stereocenters. The number of nitriles is 1. The summed E-state index contributed by atoms with van der Waals surface area (Å²) in [5.74, 6) is 0.121. The van der Waals surface area contributed by atoms with E-state index in [2.05, 4.69) is 0 Å². The lowest BCUT2D eigenvalue weighted by Crippen LogP contribution is -2.04. The monoisotopic (exact) mass is 331 g/mol. The third-order valence-electron chi connectivity index (χ3n) is 2.96. The first kappa shape index (κ1) is 16.1. The zero-order chi connectivity index (χ0) is 16.1. The minimum atomic E-state index is -0.513. The van der Waals surface area contributed by atoms with Gasteiger partial charge < -0.3 is 4.74 Å². The van der Waals surface area contributed by atoms with Crippen LogP contribution < -0.4 is 4.74 Å². The Balaban J connectivity index is 2.45. The standard InChI is InChI=1S/C17H11Cl2NO2/c1-22-13-5-2-4-11(9-13)8-12(10-20)17(21)16-14(18)6-3-7-15(16)19/h2-9H,1H3. The van der Waals surface area contributed by atoms with Gasteiger partial charge in [0.25, 0.3) is 0 Å². The smallest absolute Gasteiger partial charge is 0.206 e. The van der Waals surface area contributed by atoms with E-state index < -0.39 is 5.78 Å². The first-order valence-electron chi connectivity index (χ1n) is 6.31. The van der Waals surface area contributed by atoms with Crippen LogP contribution in [0, 0.1) is 11.3 Å². The van der Waals surface area contributed by atoms with Crippen LogP contribution in [0.5, 0.6) is 5.75 Å². The molecule has 22 heavy (non-hydrogen) atoms. The van der Waals surface area contributed by atoms with Crippen molar-refractivity contribution in [1.29, 1.82) is 5.26 Å². The molecule has 2 aromatic carbocycles. The summed E-state index contributed by atoms with van der Waals surface area (Å²) >= 11 is 12.0. The van der Waals surface area contributed by atoms with Crippen LogP contribution in [0.2, 0.25) is 10.0 Å². The third kappa shape index (κ3) is 3.48. The van der Waals surface area contributed by atoms with Gasteiger partial charge >= 0.3 is 0 Å². The van der Waals surface area contributed by atoms with Crippen LogP contribution in [-0.4, -0.2) is 12.9 Å². The molecule has 110 valence electrons. The molecular formula is C17H11Cl2NO2. The second-order valence-electron chi connectivity index (χ2n) is 4.37. The van der Waals surface area contributed by atoms with Crippen molar-refractivity contribution in [3.63, 3.8) is 0 Å². The van der Waals surface area contributed by atoms with Crippen molar-refractivity contribution in [3.05, 3.63) is 69.2 Å². The van der Waals surface area contributed by atoms with Crippen LogP contribution in [0.15, 0.2) is 48.0 Å². The van der Waals surface area contributed by atoms with Gasteiger partial charge in [-0.3, -0.25) is 4.79 Å². The van der Waals surface area contributed by atoms with Crippen molar-refractivity contribution >= 4 is 35.1 Å². The fourth-order valence-corrected chi connectivity index (χ4v) is 2.47. The molecule has 0 aromatic heterocycles. The van der Waals surface area contributed by atoms with E-state index in [0.29, 0.717) is 11.3 Å². The summed E-state index contributed by atoms with van der Waals surface area (Å²) in [5, 5.41) is 9.70. The Hall–Kier alpha value is -2.28. The molecule has 3 nitrogen and oxygen atoms in total. The summed E-state index contributed by atoms with van der Waals surface area (Å²) in [4.78, 5) is 12.5. The molecule has 0 unspecified atom stereocenters. The number of ether oxygens (including phenoxy) is 1. The lowest BCUT2D eigenvalue weighted by atomic mass is 10.0. The number of benzene rings is 2. The van der Waals surface area contributed by atoms with Crippen molar-refractivity contribution in [1.82, 2.24) is 0 Å². The third-order valence-corrected chi connectivity index (χ3v) is 3.59. The first-order chi connectivity index (χ1) is 10.6. The molecule has 0 spiro atoms. The van der Waals surface area contributed by atoms with Gasteiger partial charge in [-0.05, 0) is 35.9 Å². The second-order valence-corrected chi connectivity index (χ2v) is 5.19. The Labute approximate surface area is 138 Å². The number of allylic oxidation sites excluding steroid dienone is 1. The van der Waals surface area contributed by atoms with Gasteiger partial charge in [0.15, 0.2) is 0 Å². The molecule has 0 N–H and O–H groups in total. The fraction of sp³-hybridized carbons (Fsp3) is 0.0588. The lowest BCUT2D eigenvalue weighted by Gasteiger charge is -2.05. The van der Waals surface area contributed by atoms with Crippen molar-refractivity contribution in [2.45, 2.75) is 0 Å². The zero-order valence-electron chi connectivity index (χ0n) is 11.6. The van der Waals surface area contributed by atoms with E-state index >= 15 is 0 Å². The fourth-order valence-electron chi connectivity index (χ4n) is 1.90. The van der Waals surface area contributed by atoms with Crippen LogP contribution in [-0.2, 0) is 0 Å². The summed E-state index contributed by atoms with van der Waals surface area (Å²) < 4.78 is 5.11. The Kier molecular flexibility index (Phi) is 5.21. The number of carbonyl (C=O) groups excluding carboxylic acids is 1. The van der Waals surface area contributed by atoms with E-state index in [1.165, 1.54) is 6.08 Å². The highest BCUT2D eigenvalue weighted by molar-refractivity contribution is 6.41. The Morgan fingerprint density at radius 3 is 2.41 bits per heavy atom. The molecule has 0 aliphatic rings. The van der Waals surface area contributed by atoms with Crippen molar-refractivity contribution in [2.24, 2.45) is 0 Å². The maximum atomic E-state index is 12.5. The van der Waals surface area contributed by atoms with Crippen molar-refractivity contribution in [3.8, 4) is 11.8 Å². The topological polar surface area (TPSA) is 50.1 Å². The molecule has 2 aromatic rings. The van der Waals surface area contributed by atoms with Crippen LogP contribution in [0.25, 0.3) is 6.08 Å². The molecule has 5 heteroatoms. The summed E-state index contributed by atoms with van der Waals surface area (Å²) in [7, 11) is 1.54. The molecule has 0 aliphatic carbocycles. The Morgan fingerprint density at radius 2 is 1.82 bits per heavy atom. The largest absolute Gasteiger partial charge is 0.497 e. The summed E-state index contributed by atoms with van der Waals surface area (Å²) in [6.07, 6.45) is 1.48. The van der Waals surface area contributed by atoms with E-state index in [4.69, 9.17) is 27.9 Å². The van der Waals surface area contributed by atoms with Gasteiger partial charge in [0.1, 0.15) is 17.4 Å². The summed E-state index contributed by atoms with van der Waals surface area (Å²) in [6.45, 7) is 0.